The quantitative estimate of drug-likeness (QED) is 0.752. The number of likely N-dealkylation sites (tertiary alicyclic amines) is 1. The topological polar surface area (TPSA) is 61.7 Å². The number of carbonyl (C=O) groups is 2. The maximum absolute atomic E-state index is 12.5. The van der Waals surface area contributed by atoms with Gasteiger partial charge in [-0.3, -0.25) is 19.2 Å². The summed E-state index contributed by atoms with van der Waals surface area (Å²) in [5, 5.41) is 4.09. The number of piperazine rings is 1. The second kappa shape index (κ2) is 8.49. The van der Waals surface area contributed by atoms with E-state index in [1.165, 1.54) is 6.42 Å². The lowest BCUT2D eigenvalue weighted by molar-refractivity contribution is -0.136. The van der Waals surface area contributed by atoms with Crippen LogP contribution in [0.1, 0.15) is 31.7 Å². The van der Waals surface area contributed by atoms with E-state index < -0.39 is 0 Å². The minimum Gasteiger partial charge on any atom is -0.339 e. The van der Waals surface area contributed by atoms with Gasteiger partial charge in [-0.1, -0.05) is 0 Å². The van der Waals surface area contributed by atoms with Crippen LogP contribution >= 0.6 is 0 Å². The zero-order valence-corrected chi connectivity index (χ0v) is 15.8. The van der Waals surface area contributed by atoms with Crippen molar-refractivity contribution in [2.24, 2.45) is 7.05 Å². The lowest BCUT2D eigenvalue weighted by atomic mass is 10.0. The number of rotatable bonds is 4. The molecule has 2 amide bonds. The van der Waals surface area contributed by atoms with Gasteiger partial charge in [-0.15, -0.1) is 0 Å². The Morgan fingerprint density at radius 2 is 1.96 bits per heavy atom. The van der Waals surface area contributed by atoms with E-state index in [-0.39, 0.29) is 11.8 Å². The van der Waals surface area contributed by atoms with Crippen LogP contribution in [0.15, 0.2) is 18.5 Å². The van der Waals surface area contributed by atoms with Gasteiger partial charge < -0.3 is 9.80 Å². The lowest BCUT2D eigenvalue weighted by Crippen LogP contribution is -2.52. The number of piperidine rings is 1. The fraction of sp³-hybridized carbons (Fsp3) is 0.632. The molecule has 3 rings (SSSR count). The molecular formula is C19H29N5O2. The van der Waals surface area contributed by atoms with Crippen molar-refractivity contribution in [1.29, 1.82) is 0 Å². The number of hydrogen-bond acceptors (Lipinski definition) is 4. The van der Waals surface area contributed by atoms with E-state index in [2.05, 4.69) is 16.9 Å². The Balaban J connectivity index is 1.44. The largest absolute Gasteiger partial charge is 0.339 e. The summed E-state index contributed by atoms with van der Waals surface area (Å²) in [5.41, 5.74) is 0.917. The Morgan fingerprint density at radius 1 is 1.19 bits per heavy atom. The molecule has 0 bridgehead atoms. The molecule has 7 nitrogen and oxygen atoms in total. The predicted molar refractivity (Wildman–Crippen MR) is 100 cm³/mol. The Kier molecular flexibility index (Phi) is 6.08. The molecule has 2 fully saturated rings. The van der Waals surface area contributed by atoms with Crippen LogP contribution in [0.5, 0.6) is 0 Å². The predicted octanol–water partition coefficient (Wildman–Crippen LogP) is 0.979. The molecular weight excluding hydrogens is 330 g/mol. The van der Waals surface area contributed by atoms with E-state index in [9.17, 15) is 9.59 Å². The third kappa shape index (κ3) is 4.72. The van der Waals surface area contributed by atoms with Crippen molar-refractivity contribution >= 4 is 17.9 Å². The maximum Gasteiger partial charge on any atom is 0.246 e. The molecule has 0 unspecified atom stereocenters. The Hall–Kier alpha value is -2.15. The standard InChI is InChI=1S/C19H29N5O2/c1-16-5-3-4-8-24(16)19(26)15-22-9-11-23(12-10-22)18(25)7-6-17-13-20-21(2)14-17/h6-7,13-14,16H,3-5,8-12,15H2,1-2H3/b7-6-/t16-/m1/s1. The molecule has 7 heteroatoms. The van der Waals surface area contributed by atoms with E-state index in [4.69, 9.17) is 0 Å². The molecule has 1 aromatic heterocycles. The molecule has 2 aliphatic heterocycles. The molecule has 0 radical (unpaired) electrons. The fourth-order valence-corrected chi connectivity index (χ4v) is 3.68. The van der Waals surface area contributed by atoms with E-state index >= 15 is 0 Å². The summed E-state index contributed by atoms with van der Waals surface area (Å²) >= 11 is 0. The molecule has 0 spiro atoms. The van der Waals surface area contributed by atoms with Gasteiger partial charge in [-0.05, 0) is 32.3 Å². The van der Waals surface area contributed by atoms with E-state index in [0.29, 0.717) is 25.7 Å². The van der Waals surface area contributed by atoms with Gasteiger partial charge in [0, 0.05) is 63.6 Å². The molecule has 26 heavy (non-hydrogen) atoms. The summed E-state index contributed by atoms with van der Waals surface area (Å²) in [5.74, 6) is 0.248. The first-order valence-electron chi connectivity index (χ1n) is 9.50. The van der Waals surface area contributed by atoms with Crippen molar-refractivity contribution in [3.8, 4) is 0 Å². The Morgan fingerprint density at radius 3 is 2.62 bits per heavy atom. The third-order valence-electron chi connectivity index (χ3n) is 5.31. The van der Waals surface area contributed by atoms with Crippen LogP contribution in [0.4, 0.5) is 0 Å². The first-order valence-corrected chi connectivity index (χ1v) is 9.50. The number of carbonyl (C=O) groups excluding carboxylic acids is 2. The number of hydrogen-bond donors (Lipinski definition) is 0. The van der Waals surface area contributed by atoms with Gasteiger partial charge in [0.2, 0.25) is 11.8 Å². The van der Waals surface area contributed by atoms with Crippen molar-refractivity contribution in [3.63, 3.8) is 0 Å². The van der Waals surface area contributed by atoms with Gasteiger partial charge in [-0.2, -0.15) is 5.10 Å². The highest BCUT2D eigenvalue weighted by Crippen LogP contribution is 2.17. The van der Waals surface area contributed by atoms with Crippen LogP contribution in [-0.4, -0.2) is 81.6 Å². The third-order valence-corrected chi connectivity index (χ3v) is 5.31. The second-order valence-electron chi connectivity index (χ2n) is 7.31. The molecule has 2 saturated heterocycles. The highest BCUT2D eigenvalue weighted by atomic mass is 16.2. The molecule has 0 aromatic carbocycles. The summed E-state index contributed by atoms with van der Waals surface area (Å²) in [7, 11) is 1.85. The van der Waals surface area contributed by atoms with Crippen LogP contribution in [-0.2, 0) is 16.6 Å². The smallest absolute Gasteiger partial charge is 0.246 e. The summed E-state index contributed by atoms with van der Waals surface area (Å²) < 4.78 is 1.71. The SMILES string of the molecule is C[C@@H]1CCCCN1C(=O)CN1CCN(C(=O)/C=C\c2cnn(C)c2)CC1. The summed E-state index contributed by atoms with van der Waals surface area (Å²) in [6, 6.07) is 0.358. The first-order chi connectivity index (χ1) is 12.5. The molecule has 0 aliphatic carbocycles. The summed E-state index contributed by atoms with van der Waals surface area (Å²) in [4.78, 5) is 30.9. The van der Waals surface area contributed by atoms with E-state index in [1.54, 1.807) is 23.0 Å². The minimum absolute atomic E-state index is 0.0180. The van der Waals surface area contributed by atoms with Gasteiger partial charge in [0.25, 0.3) is 0 Å². The van der Waals surface area contributed by atoms with Crippen molar-refractivity contribution < 1.29 is 9.59 Å². The van der Waals surface area contributed by atoms with E-state index in [1.807, 2.05) is 23.0 Å². The van der Waals surface area contributed by atoms with Crippen LogP contribution in [0.2, 0.25) is 0 Å². The van der Waals surface area contributed by atoms with Gasteiger partial charge in [0.05, 0.1) is 12.7 Å². The zero-order chi connectivity index (χ0) is 18.5. The van der Waals surface area contributed by atoms with Crippen LogP contribution in [0, 0.1) is 0 Å². The first kappa shape index (κ1) is 18.6. The highest BCUT2D eigenvalue weighted by Gasteiger charge is 2.26. The van der Waals surface area contributed by atoms with Gasteiger partial charge >= 0.3 is 0 Å². The van der Waals surface area contributed by atoms with Crippen molar-refractivity contribution in [1.82, 2.24) is 24.5 Å². The fourth-order valence-electron chi connectivity index (χ4n) is 3.68. The molecule has 0 saturated carbocycles. The molecule has 142 valence electrons. The van der Waals surface area contributed by atoms with Crippen molar-refractivity contribution in [2.45, 2.75) is 32.2 Å². The van der Waals surface area contributed by atoms with Crippen molar-refractivity contribution in [2.75, 3.05) is 39.3 Å². The molecule has 3 heterocycles. The average molecular weight is 359 g/mol. The number of amides is 2. The minimum atomic E-state index is 0.0180. The van der Waals surface area contributed by atoms with Crippen molar-refractivity contribution in [3.05, 3.63) is 24.0 Å². The van der Waals surface area contributed by atoms with Gasteiger partial charge in [-0.25, -0.2) is 0 Å². The van der Waals surface area contributed by atoms with Gasteiger partial charge in [0.15, 0.2) is 0 Å². The molecule has 1 atom stereocenters. The Labute approximate surface area is 155 Å². The average Bonchev–Trinajstić information content (AvgIpc) is 3.06. The zero-order valence-electron chi connectivity index (χ0n) is 15.8. The van der Waals surface area contributed by atoms with Crippen LogP contribution in [0.25, 0.3) is 6.08 Å². The normalized spacial score (nSPS) is 22.2. The van der Waals surface area contributed by atoms with Gasteiger partial charge in [0.1, 0.15) is 0 Å². The Bertz CT molecular complexity index is 661. The number of nitrogens with zero attached hydrogens (tertiary/aromatic N) is 5. The van der Waals surface area contributed by atoms with E-state index in [0.717, 1.165) is 38.0 Å². The second-order valence-corrected chi connectivity index (χ2v) is 7.31. The number of aromatic nitrogens is 2. The molecule has 0 N–H and O–H groups in total. The lowest BCUT2D eigenvalue weighted by Gasteiger charge is -2.37. The molecule has 1 aromatic rings. The number of aryl methyl sites for hydroxylation is 1. The highest BCUT2D eigenvalue weighted by molar-refractivity contribution is 5.91. The summed E-state index contributed by atoms with van der Waals surface area (Å²) in [6.07, 6.45) is 10.4. The van der Waals surface area contributed by atoms with Crippen LogP contribution < -0.4 is 0 Å². The molecule has 2 aliphatic rings. The summed E-state index contributed by atoms with van der Waals surface area (Å²) in [6.45, 7) is 6.33. The monoisotopic (exact) mass is 359 g/mol. The maximum atomic E-state index is 12.5. The van der Waals surface area contributed by atoms with Crippen LogP contribution in [0.3, 0.4) is 0 Å².